The van der Waals surface area contributed by atoms with Crippen molar-refractivity contribution in [1.29, 1.82) is 0 Å². The number of carbonyl (C=O) groups is 1. The fourth-order valence-corrected chi connectivity index (χ4v) is 4.12. The number of benzene rings is 2. The fraction of sp³-hybridized carbons (Fsp3) is 0.278. The van der Waals surface area contributed by atoms with Crippen molar-refractivity contribution < 1.29 is 4.79 Å². The van der Waals surface area contributed by atoms with Crippen molar-refractivity contribution in [3.63, 3.8) is 0 Å². The van der Waals surface area contributed by atoms with Crippen LogP contribution in [0.2, 0.25) is 10.0 Å². The summed E-state index contributed by atoms with van der Waals surface area (Å²) in [6, 6.07) is 15.4. The maximum absolute atomic E-state index is 12.1. The summed E-state index contributed by atoms with van der Waals surface area (Å²) in [6.45, 7) is 2.56. The highest BCUT2D eigenvalue weighted by Crippen LogP contribution is 2.25. The van der Waals surface area contributed by atoms with Gasteiger partial charge in [-0.25, -0.2) is 0 Å². The standard InChI is InChI=1S/C18H19Cl2NOS2/c1-13(24-16-8-6-15(19)7-9-16)18(22)21-10-11-23-12-14-4-2-3-5-17(14)20/h2-9,13H,10-12H2,1H3,(H,21,22). The lowest BCUT2D eigenvalue weighted by Crippen LogP contribution is -2.32. The van der Waals surface area contributed by atoms with Crippen molar-refractivity contribution in [1.82, 2.24) is 5.32 Å². The molecule has 1 atom stereocenters. The Hall–Kier alpha value is -0.810. The lowest BCUT2D eigenvalue weighted by atomic mass is 10.2. The highest BCUT2D eigenvalue weighted by molar-refractivity contribution is 8.00. The van der Waals surface area contributed by atoms with E-state index in [-0.39, 0.29) is 11.2 Å². The molecule has 2 rings (SSSR count). The van der Waals surface area contributed by atoms with E-state index in [9.17, 15) is 4.79 Å². The number of rotatable bonds is 8. The first-order valence-corrected chi connectivity index (χ1v) is 10.4. The summed E-state index contributed by atoms with van der Waals surface area (Å²) in [6.07, 6.45) is 0. The zero-order chi connectivity index (χ0) is 17.4. The first-order valence-electron chi connectivity index (χ1n) is 7.57. The predicted octanol–water partition coefficient (Wildman–Crippen LogP) is 5.52. The molecule has 24 heavy (non-hydrogen) atoms. The maximum Gasteiger partial charge on any atom is 0.233 e. The molecule has 0 bridgehead atoms. The van der Waals surface area contributed by atoms with Crippen molar-refractivity contribution in [3.05, 3.63) is 64.1 Å². The molecule has 0 aliphatic heterocycles. The second-order valence-electron chi connectivity index (χ2n) is 5.15. The summed E-state index contributed by atoms with van der Waals surface area (Å²) < 4.78 is 0. The number of hydrogen-bond acceptors (Lipinski definition) is 3. The number of hydrogen-bond donors (Lipinski definition) is 1. The average molecular weight is 400 g/mol. The van der Waals surface area contributed by atoms with E-state index in [1.165, 1.54) is 11.8 Å². The van der Waals surface area contributed by atoms with Crippen LogP contribution in [0, 0.1) is 0 Å². The van der Waals surface area contributed by atoms with Gasteiger partial charge in [-0.1, -0.05) is 41.4 Å². The molecule has 0 radical (unpaired) electrons. The second kappa shape index (κ2) is 10.2. The molecule has 0 saturated heterocycles. The molecule has 6 heteroatoms. The van der Waals surface area contributed by atoms with Gasteiger partial charge in [0.15, 0.2) is 0 Å². The Labute approximate surface area is 161 Å². The lowest BCUT2D eigenvalue weighted by molar-refractivity contribution is -0.120. The number of halogens is 2. The Kier molecular flexibility index (Phi) is 8.33. The summed E-state index contributed by atoms with van der Waals surface area (Å²) in [5.41, 5.74) is 1.13. The maximum atomic E-state index is 12.1. The molecule has 0 heterocycles. The van der Waals surface area contributed by atoms with Gasteiger partial charge in [-0.3, -0.25) is 4.79 Å². The van der Waals surface area contributed by atoms with E-state index in [1.807, 2.05) is 55.5 Å². The molecule has 0 spiro atoms. The van der Waals surface area contributed by atoms with Crippen molar-refractivity contribution in [2.75, 3.05) is 12.3 Å². The molecule has 1 N–H and O–H groups in total. The fourth-order valence-electron chi connectivity index (χ4n) is 1.96. The Bertz CT molecular complexity index is 664. The molecule has 1 amide bonds. The van der Waals surface area contributed by atoms with Gasteiger partial charge < -0.3 is 5.32 Å². The SMILES string of the molecule is CC(Sc1ccc(Cl)cc1)C(=O)NCCSCc1ccccc1Cl. The van der Waals surface area contributed by atoms with E-state index in [1.54, 1.807) is 11.8 Å². The molecule has 0 saturated carbocycles. The molecule has 2 nitrogen and oxygen atoms in total. The minimum Gasteiger partial charge on any atom is -0.354 e. The van der Waals surface area contributed by atoms with Crippen LogP contribution in [-0.4, -0.2) is 23.5 Å². The van der Waals surface area contributed by atoms with Gasteiger partial charge in [0, 0.05) is 33.0 Å². The Morgan fingerprint density at radius 1 is 1.12 bits per heavy atom. The minimum absolute atomic E-state index is 0.0493. The van der Waals surface area contributed by atoms with Crippen LogP contribution in [-0.2, 0) is 10.5 Å². The van der Waals surface area contributed by atoms with Crippen LogP contribution < -0.4 is 5.32 Å². The van der Waals surface area contributed by atoms with Crippen LogP contribution in [0.15, 0.2) is 53.4 Å². The monoisotopic (exact) mass is 399 g/mol. The first-order chi connectivity index (χ1) is 11.6. The highest BCUT2D eigenvalue weighted by atomic mass is 35.5. The van der Waals surface area contributed by atoms with E-state index >= 15 is 0 Å². The van der Waals surface area contributed by atoms with Crippen molar-refractivity contribution in [2.24, 2.45) is 0 Å². The molecule has 0 aromatic heterocycles. The van der Waals surface area contributed by atoms with Crippen molar-refractivity contribution >= 4 is 52.6 Å². The number of amides is 1. The molecular formula is C18H19Cl2NOS2. The van der Waals surface area contributed by atoms with Gasteiger partial charge in [-0.05, 0) is 42.8 Å². The minimum atomic E-state index is -0.139. The Balaban J connectivity index is 1.65. The summed E-state index contributed by atoms with van der Waals surface area (Å²) in [4.78, 5) is 13.2. The van der Waals surface area contributed by atoms with Crippen molar-refractivity contribution in [2.45, 2.75) is 22.8 Å². The van der Waals surface area contributed by atoms with Gasteiger partial charge in [0.05, 0.1) is 5.25 Å². The number of carbonyl (C=O) groups excluding carboxylic acids is 1. The van der Waals surface area contributed by atoms with Crippen molar-refractivity contribution in [3.8, 4) is 0 Å². The van der Waals surface area contributed by atoms with E-state index in [0.29, 0.717) is 11.6 Å². The molecule has 1 unspecified atom stereocenters. The molecule has 2 aromatic carbocycles. The molecule has 128 valence electrons. The van der Waals surface area contributed by atoms with Crippen LogP contribution in [0.3, 0.4) is 0 Å². The average Bonchev–Trinajstić information content (AvgIpc) is 2.58. The lowest BCUT2D eigenvalue weighted by Gasteiger charge is -2.12. The third-order valence-electron chi connectivity index (χ3n) is 3.26. The van der Waals surface area contributed by atoms with Gasteiger partial charge in [0.2, 0.25) is 5.91 Å². The van der Waals surface area contributed by atoms with Crippen LogP contribution in [0.25, 0.3) is 0 Å². The Morgan fingerprint density at radius 2 is 1.83 bits per heavy atom. The van der Waals surface area contributed by atoms with Gasteiger partial charge in [-0.15, -0.1) is 11.8 Å². The zero-order valence-electron chi connectivity index (χ0n) is 13.3. The van der Waals surface area contributed by atoms with Gasteiger partial charge in [0.1, 0.15) is 0 Å². The molecule has 0 aliphatic rings. The third kappa shape index (κ3) is 6.60. The quantitative estimate of drug-likeness (QED) is 0.467. The smallest absolute Gasteiger partial charge is 0.233 e. The topological polar surface area (TPSA) is 29.1 Å². The largest absolute Gasteiger partial charge is 0.354 e. The molecule has 0 fully saturated rings. The van der Waals surface area contributed by atoms with Gasteiger partial charge >= 0.3 is 0 Å². The summed E-state index contributed by atoms with van der Waals surface area (Å²) in [5.74, 6) is 1.76. The van der Waals surface area contributed by atoms with E-state index in [4.69, 9.17) is 23.2 Å². The number of nitrogens with one attached hydrogen (secondary N) is 1. The van der Waals surface area contributed by atoms with E-state index in [2.05, 4.69) is 5.32 Å². The van der Waals surface area contributed by atoms with Gasteiger partial charge in [0.25, 0.3) is 0 Å². The highest BCUT2D eigenvalue weighted by Gasteiger charge is 2.13. The van der Waals surface area contributed by atoms with E-state index < -0.39 is 0 Å². The second-order valence-corrected chi connectivity index (χ2v) is 8.51. The molecule has 0 aliphatic carbocycles. The summed E-state index contributed by atoms with van der Waals surface area (Å²) >= 11 is 15.3. The Morgan fingerprint density at radius 3 is 2.54 bits per heavy atom. The van der Waals surface area contributed by atoms with E-state index in [0.717, 1.165) is 27.0 Å². The molecular weight excluding hydrogens is 381 g/mol. The predicted molar refractivity (Wildman–Crippen MR) is 107 cm³/mol. The van der Waals surface area contributed by atoms with Crippen LogP contribution in [0.1, 0.15) is 12.5 Å². The van der Waals surface area contributed by atoms with Gasteiger partial charge in [-0.2, -0.15) is 11.8 Å². The summed E-state index contributed by atoms with van der Waals surface area (Å²) in [5, 5.41) is 4.33. The van der Waals surface area contributed by atoms with Crippen LogP contribution >= 0.6 is 46.7 Å². The molecule has 2 aromatic rings. The van der Waals surface area contributed by atoms with Crippen LogP contribution in [0.5, 0.6) is 0 Å². The summed E-state index contributed by atoms with van der Waals surface area (Å²) in [7, 11) is 0. The normalized spacial score (nSPS) is 12.0. The number of thioether (sulfide) groups is 2. The zero-order valence-corrected chi connectivity index (χ0v) is 16.4. The van der Waals surface area contributed by atoms with Crippen LogP contribution in [0.4, 0.5) is 0 Å². The third-order valence-corrected chi connectivity index (χ3v) is 6.00. The first kappa shape index (κ1) is 19.5.